The molecule has 2 atom stereocenters. The number of nitrogens with zero attached hydrogens (tertiary/aromatic N) is 4. The molecule has 4 saturated heterocycles. The van der Waals surface area contributed by atoms with Gasteiger partial charge < -0.3 is 35.1 Å². The van der Waals surface area contributed by atoms with E-state index in [0.29, 0.717) is 80.7 Å². The van der Waals surface area contributed by atoms with Gasteiger partial charge in [-0.15, -0.1) is 35.6 Å². The number of hydrogen-bond acceptors (Lipinski definition) is 9. The highest BCUT2D eigenvalue weighted by Gasteiger charge is 2.51. The molecule has 0 unspecified atom stereocenters. The van der Waals surface area contributed by atoms with Crippen molar-refractivity contribution in [2.45, 2.75) is 180 Å². The molecule has 6 fully saturated rings. The molecule has 5 amide bonds. The molecule has 0 spiro atoms. The Kier molecular flexibility index (Phi) is 23.7. The molecular formula is C58H87Cl5N6O8. The highest BCUT2D eigenvalue weighted by molar-refractivity contribution is 6.40. The van der Waals surface area contributed by atoms with Crippen LogP contribution in [0.15, 0.2) is 48.5 Å². The first kappa shape index (κ1) is 64.4. The second-order valence-electron chi connectivity index (χ2n) is 24.5. The summed E-state index contributed by atoms with van der Waals surface area (Å²) in [5.41, 5.74) is 6.93. The molecule has 2 aromatic rings. The van der Waals surface area contributed by atoms with E-state index in [1.54, 1.807) is 32.9 Å². The Balaban J connectivity index is 0.000000271. The Hall–Kier alpha value is -3.40. The number of likely N-dealkylation sites (tertiary alicyclic amines) is 2. The summed E-state index contributed by atoms with van der Waals surface area (Å²) >= 11 is 21.6. The topological polar surface area (TPSA) is 164 Å². The predicted octanol–water partition coefficient (Wildman–Crippen LogP) is 12.7. The predicted molar refractivity (Wildman–Crippen MR) is 309 cm³/mol. The van der Waals surface area contributed by atoms with Crippen LogP contribution in [0.2, 0.25) is 10.0 Å². The van der Waals surface area contributed by atoms with Gasteiger partial charge in [-0.25, -0.2) is 14.4 Å². The number of ether oxygens (including phenoxy) is 3. The molecule has 2 saturated carbocycles. The fourth-order valence-electron chi connectivity index (χ4n) is 12.6. The van der Waals surface area contributed by atoms with Crippen molar-refractivity contribution in [3.8, 4) is 0 Å². The SMILES string of the molecule is CC(C)(C)OC(=O)N[C@@H](Cc1ccc(Cl)cc1)C(=O)N1CCC(CN2C(=O)OCC2(C)C)(C2CCCCC2)CC1.CC1(C)COC(=O)N1CC1(C2CCCCC2)CCN(C(=O)[C@H](N)Cc2ccc(Cl)cc2)CC1.Cl.ClCCl. The zero-order valence-electron chi connectivity index (χ0n) is 46.7. The molecule has 14 nitrogen and oxygen atoms in total. The number of alkyl halides is 2. The first-order valence-corrected chi connectivity index (χ1v) is 29.5. The zero-order valence-corrected chi connectivity index (χ0v) is 50.5. The molecule has 19 heteroatoms. The molecule has 8 rings (SSSR count). The maximum absolute atomic E-state index is 13.9. The van der Waals surface area contributed by atoms with Crippen LogP contribution in [0.25, 0.3) is 0 Å². The lowest BCUT2D eigenvalue weighted by Gasteiger charge is -2.50. The zero-order chi connectivity index (χ0) is 55.5. The molecule has 77 heavy (non-hydrogen) atoms. The van der Waals surface area contributed by atoms with Gasteiger partial charge in [-0.1, -0.05) is 86.0 Å². The number of piperidine rings is 2. The normalized spacial score (nSPS) is 21.9. The van der Waals surface area contributed by atoms with Crippen LogP contribution in [-0.2, 0) is 36.6 Å². The number of hydrogen-bond donors (Lipinski definition) is 2. The third-order valence-electron chi connectivity index (χ3n) is 17.1. The Morgan fingerprint density at radius 3 is 1.36 bits per heavy atom. The van der Waals surface area contributed by atoms with E-state index in [4.69, 9.17) is 66.3 Å². The lowest BCUT2D eigenvalue weighted by molar-refractivity contribution is -0.137. The summed E-state index contributed by atoms with van der Waals surface area (Å²) < 4.78 is 16.3. The number of alkyl carbamates (subject to hydrolysis) is 1. The first-order valence-electron chi connectivity index (χ1n) is 27.7. The first-order chi connectivity index (χ1) is 35.9. The minimum absolute atomic E-state index is 0. The van der Waals surface area contributed by atoms with Gasteiger partial charge in [0.15, 0.2) is 0 Å². The number of rotatable bonds is 13. The number of halogens is 5. The largest absolute Gasteiger partial charge is 0.447 e. The van der Waals surface area contributed by atoms with Crippen LogP contribution in [-0.4, -0.2) is 136 Å². The average Bonchev–Trinajstić information content (AvgIpc) is 3.84. The maximum Gasteiger partial charge on any atom is 0.410 e. The van der Waals surface area contributed by atoms with Crippen LogP contribution in [0.4, 0.5) is 14.4 Å². The van der Waals surface area contributed by atoms with Gasteiger partial charge in [-0.2, -0.15) is 0 Å². The minimum Gasteiger partial charge on any atom is -0.447 e. The van der Waals surface area contributed by atoms with Crippen molar-refractivity contribution < 1.29 is 38.2 Å². The number of amides is 5. The van der Waals surface area contributed by atoms with Crippen LogP contribution in [0.5, 0.6) is 0 Å². The van der Waals surface area contributed by atoms with Crippen molar-refractivity contribution in [1.82, 2.24) is 24.9 Å². The lowest BCUT2D eigenvalue weighted by Crippen LogP contribution is -2.57. The molecule has 4 aliphatic heterocycles. The molecule has 3 N–H and O–H groups in total. The van der Waals surface area contributed by atoms with Gasteiger partial charge in [-0.3, -0.25) is 19.4 Å². The molecule has 2 aromatic carbocycles. The van der Waals surface area contributed by atoms with Crippen LogP contribution in [0.3, 0.4) is 0 Å². The highest BCUT2D eigenvalue weighted by Crippen LogP contribution is 2.49. The molecule has 6 aliphatic rings. The average molecular weight is 1170 g/mol. The van der Waals surface area contributed by atoms with Crippen molar-refractivity contribution in [3.05, 3.63) is 69.7 Å². The van der Waals surface area contributed by atoms with E-state index in [1.165, 1.54) is 51.4 Å². The van der Waals surface area contributed by atoms with Gasteiger partial charge in [-0.05, 0) is 164 Å². The summed E-state index contributed by atoms with van der Waals surface area (Å²) in [6, 6.07) is 13.5. The van der Waals surface area contributed by atoms with Crippen LogP contribution in [0.1, 0.15) is 149 Å². The summed E-state index contributed by atoms with van der Waals surface area (Å²) in [6.45, 7) is 18.5. The van der Waals surface area contributed by atoms with Crippen molar-refractivity contribution in [3.63, 3.8) is 0 Å². The standard InChI is InChI=1S/C31H46ClN3O5.C26H38ClN3O3.CH2Cl2.ClH/c1-29(2,3)40-27(37)33-25(19-22-11-13-24(32)14-12-22)26(36)34-17-15-31(16-18-34,23-9-7-6-8-10-23)20-35-28(38)39-21-30(35,4)5;1-25(2)18-33-24(32)30(25)17-26(20-6-4-3-5-7-20)12-14-29(15-13-26)23(31)22(28)16-19-8-10-21(27)11-9-19;2-1-3;/h11-14,23,25H,6-10,15-21H2,1-5H3,(H,33,37);8-11,20,22H,3-7,12-18,28H2,1-2H3;1H2;1H/t25-;22-;;/m01../s1. The van der Waals surface area contributed by atoms with Gasteiger partial charge in [0.25, 0.3) is 0 Å². The molecule has 432 valence electrons. The van der Waals surface area contributed by atoms with Gasteiger partial charge in [0.1, 0.15) is 24.9 Å². The molecule has 0 aromatic heterocycles. The molecule has 2 aliphatic carbocycles. The number of benzene rings is 2. The number of nitrogens with one attached hydrogen (secondary N) is 1. The van der Waals surface area contributed by atoms with E-state index >= 15 is 0 Å². The van der Waals surface area contributed by atoms with Crippen LogP contribution < -0.4 is 11.1 Å². The van der Waals surface area contributed by atoms with Gasteiger partial charge in [0, 0.05) is 55.7 Å². The number of nitrogens with two attached hydrogens (primary N) is 1. The Bertz CT molecular complexity index is 2240. The summed E-state index contributed by atoms with van der Waals surface area (Å²) in [5, 5.41) is 4.33. The number of carbonyl (C=O) groups excluding carboxylic acids is 5. The van der Waals surface area contributed by atoms with Gasteiger partial charge in [0.05, 0.1) is 22.5 Å². The monoisotopic (exact) mass is 1170 g/mol. The summed E-state index contributed by atoms with van der Waals surface area (Å²) in [4.78, 5) is 72.7. The van der Waals surface area contributed by atoms with Crippen molar-refractivity contribution >= 4 is 88.9 Å². The lowest BCUT2D eigenvalue weighted by atomic mass is 9.63. The fraction of sp³-hybridized carbons (Fsp3) is 0.707. The van der Waals surface area contributed by atoms with E-state index in [1.807, 2.05) is 56.0 Å². The van der Waals surface area contributed by atoms with Crippen molar-refractivity contribution in [2.24, 2.45) is 28.4 Å². The summed E-state index contributed by atoms with van der Waals surface area (Å²) in [5.74, 6) is 1.02. The number of cyclic esters (lactones) is 2. The van der Waals surface area contributed by atoms with Crippen LogP contribution in [0, 0.1) is 22.7 Å². The second kappa shape index (κ2) is 28.3. The molecule has 0 radical (unpaired) electrons. The molecular weight excluding hydrogens is 1090 g/mol. The van der Waals surface area contributed by atoms with Crippen LogP contribution >= 0.6 is 58.8 Å². The summed E-state index contributed by atoms with van der Waals surface area (Å²) in [7, 11) is 0. The van der Waals surface area contributed by atoms with Crippen molar-refractivity contribution in [1.29, 1.82) is 0 Å². The minimum atomic E-state index is -0.759. The van der Waals surface area contributed by atoms with Gasteiger partial charge >= 0.3 is 18.3 Å². The summed E-state index contributed by atoms with van der Waals surface area (Å²) in [6.07, 6.45) is 15.5. The van der Waals surface area contributed by atoms with E-state index in [9.17, 15) is 24.0 Å². The third kappa shape index (κ3) is 17.5. The maximum atomic E-state index is 13.9. The Labute approximate surface area is 485 Å². The van der Waals surface area contributed by atoms with Crippen molar-refractivity contribution in [2.75, 3.05) is 57.8 Å². The van der Waals surface area contributed by atoms with Gasteiger partial charge in [0.2, 0.25) is 11.8 Å². The van der Waals surface area contributed by atoms with E-state index in [0.717, 1.165) is 56.2 Å². The number of carbonyl (C=O) groups is 5. The fourth-order valence-corrected chi connectivity index (χ4v) is 12.8. The highest BCUT2D eigenvalue weighted by atomic mass is 35.5. The Morgan fingerprint density at radius 1 is 0.649 bits per heavy atom. The Morgan fingerprint density at radius 2 is 1.01 bits per heavy atom. The molecule has 4 heterocycles. The smallest absolute Gasteiger partial charge is 0.410 e. The van der Waals surface area contributed by atoms with E-state index in [2.05, 4.69) is 33.0 Å². The second-order valence-corrected chi connectivity index (χ2v) is 26.2. The molecule has 0 bridgehead atoms. The third-order valence-corrected chi connectivity index (χ3v) is 17.6. The van der Waals surface area contributed by atoms with E-state index in [-0.39, 0.29) is 63.7 Å². The quantitative estimate of drug-likeness (QED) is 0.147. The van der Waals surface area contributed by atoms with E-state index < -0.39 is 23.8 Å².